The highest BCUT2D eigenvalue weighted by Gasteiger charge is 2.13. The number of fused-ring (bicyclic) bond motifs is 1. The van der Waals surface area contributed by atoms with Crippen LogP contribution in [0.1, 0.15) is 5.56 Å². The van der Waals surface area contributed by atoms with Crippen LogP contribution in [0, 0.1) is 0 Å². The Kier molecular flexibility index (Phi) is 5.93. The van der Waals surface area contributed by atoms with E-state index in [-0.39, 0.29) is 0 Å². The van der Waals surface area contributed by atoms with E-state index in [9.17, 15) is 0 Å². The molecule has 0 atom stereocenters. The van der Waals surface area contributed by atoms with Gasteiger partial charge in [-0.15, -0.1) is 0 Å². The zero-order valence-electron chi connectivity index (χ0n) is 16.4. The fraction of sp³-hybridized carbons (Fsp3) is 0.130. The minimum atomic E-state index is 0.308. The Morgan fingerprint density at radius 3 is 2.37 bits per heavy atom. The van der Waals surface area contributed by atoms with E-state index >= 15 is 0 Å². The fourth-order valence-corrected chi connectivity index (χ4v) is 3.34. The second kappa shape index (κ2) is 8.78. The molecule has 5 nitrogen and oxygen atoms in total. The molecule has 4 aromatic rings. The van der Waals surface area contributed by atoms with E-state index in [0.29, 0.717) is 39.9 Å². The van der Waals surface area contributed by atoms with Gasteiger partial charge in [-0.05, 0) is 48.0 Å². The molecule has 0 bridgehead atoms. The smallest absolute Gasteiger partial charge is 0.225 e. The zero-order valence-corrected chi connectivity index (χ0v) is 17.9. The van der Waals surface area contributed by atoms with Crippen molar-refractivity contribution in [2.45, 2.75) is 6.61 Å². The van der Waals surface area contributed by atoms with Gasteiger partial charge in [-0.1, -0.05) is 41.4 Å². The third kappa shape index (κ3) is 4.13. The van der Waals surface area contributed by atoms with Crippen molar-refractivity contribution >= 4 is 34.1 Å². The molecule has 30 heavy (non-hydrogen) atoms. The van der Waals surface area contributed by atoms with Gasteiger partial charge in [0.1, 0.15) is 6.61 Å². The predicted octanol–water partition coefficient (Wildman–Crippen LogP) is 6.20. The summed E-state index contributed by atoms with van der Waals surface area (Å²) in [6.45, 7) is 0.308. The number of aromatic nitrogens is 2. The Morgan fingerprint density at radius 1 is 0.800 bits per heavy atom. The van der Waals surface area contributed by atoms with Crippen LogP contribution in [0.3, 0.4) is 0 Å². The molecule has 0 aliphatic heterocycles. The van der Waals surface area contributed by atoms with Gasteiger partial charge in [-0.25, -0.2) is 4.98 Å². The van der Waals surface area contributed by atoms with Gasteiger partial charge in [-0.2, -0.15) is 4.98 Å². The summed E-state index contributed by atoms with van der Waals surface area (Å²) < 4.78 is 16.7. The Hall–Kier alpha value is -3.02. The van der Waals surface area contributed by atoms with Crippen molar-refractivity contribution in [3.63, 3.8) is 0 Å². The molecular weight excluding hydrogens is 423 g/mol. The summed E-state index contributed by atoms with van der Waals surface area (Å²) in [5.41, 5.74) is 2.45. The van der Waals surface area contributed by atoms with E-state index in [4.69, 9.17) is 37.4 Å². The number of nitrogens with zero attached hydrogens (tertiary/aromatic N) is 2. The number of para-hydroxylation sites is 1. The first-order valence-corrected chi connectivity index (χ1v) is 9.90. The maximum Gasteiger partial charge on any atom is 0.225 e. The van der Waals surface area contributed by atoms with Crippen LogP contribution in [0.25, 0.3) is 22.3 Å². The molecular formula is C23H18Cl2N2O3. The average Bonchev–Trinajstić information content (AvgIpc) is 2.78. The van der Waals surface area contributed by atoms with E-state index in [1.54, 1.807) is 26.4 Å². The molecule has 1 aromatic heterocycles. The quantitative estimate of drug-likeness (QED) is 0.357. The monoisotopic (exact) mass is 440 g/mol. The first-order valence-electron chi connectivity index (χ1n) is 9.15. The molecule has 0 spiro atoms. The van der Waals surface area contributed by atoms with Crippen LogP contribution >= 0.6 is 23.2 Å². The summed E-state index contributed by atoms with van der Waals surface area (Å²) >= 11 is 12.2. The molecule has 0 unspecified atom stereocenters. The zero-order chi connectivity index (χ0) is 21.1. The maximum atomic E-state index is 6.18. The summed E-state index contributed by atoms with van der Waals surface area (Å²) in [5, 5.41) is 1.74. The second-order valence-corrected chi connectivity index (χ2v) is 7.29. The van der Waals surface area contributed by atoms with Gasteiger partial charge in [0.2, 0.25) is 5.88 Å². The first kappa shape index (κ1) is 20.3. The van der Waals surface area contributed by atoms with E-state index in [1.165, 1.54) is 0 Å². The molecule has 0 fully saturated rings. The molecule has 0 saturated heterocycles. The number of hydrogen-bond donors (Lipinski definition) is 0. The van der Waals surface area contributed by atoms with Gasteiger partial charge in [0.15, 0.2) is 17.3 Å². The molecule has 0 aliphatic rings. The third-order valence-electron chi connectivity index (χ3n) is 4.57. The highest BCUT2D eigenvalue weighted by atomic mass is 35.5. The number of benzene rings is 3. The fourth-order valence-electron chi connectivity index (χ4n) is 3.04. The van der Waals surface area contributed by atoms with E-state index in [1.807, 2.05) is 48.5 Å². The molecule has 7 heteroatoms. The second-order valence-electron chi connectivity index (χ2n) is 6.48. The van der Waals surface area contributed by atoms with Crippen LogP contribution < -0.4 is 14.2 Å². The summed E-state index contributed by atoms with van der Waals surface area (Å²) in [6.07, 6.45) is 0. The summed E-state index contributed by atoms with van der Waals surface area (Å²) in [5.74, 6) is 2.30. The molecule has 0 saturated carbocycles. The summed E-state index contributed by atoms with van der Waals surface area (Å²) in [6, 6.07) is 18.6. The Labute approximate surface area is 184 Å². The molecule has 0 aliphatic carbocycles. The standard InChI is InChI=1S/C23H18Cl2N2O3/c1-28-20-10-7-14(11-21(20)29-2)13-30-23-16-5-3-4-6-19(16)26-22(27-23)15-8-9-17(24)18(25)12-15/h3-12H,13H2,1-2H3. The largest absolute Gasteiger partial charge is 0.493 e. The highest BCUT2D eigenvalue weighted by Crippen LogP contribution is 2.32. The van der Waals surface area contributed by atoms with Gasteiger partial charge in [-0.3, -0.25) is 0 Å². The maximum absolute atomic E-state index is 6.18. The van der Waals surface area contributed by atoms with Crippen molar-refractivity contribution in [1.82, 2.24) is 9.97 Å². The van der Waals surface area contributed by atoms with Crippen molar-refractivity contribution in [2.24, 2.45) is 0 Å². The van der Waals surface area contributed by atoms with Gasteiger partial charge in [0.05, 0.1) is 35.2 Å². The number of halogens is 2. The first-order chi connectivity index (χ1) is 14.6. The van der Waals surface area contributed by atoms with Crippen LogP contribution in [0.4, 0.5) is 0 Å². The number of rotatable bonds is 6. The Bertz CT molecular complexity index is 1210. The Balaban J connectivity index is 1.70. The van der Waals surface area contributed by atoms with Crippen LogP contribution in [0.5, 0.6) is 17.4 Å². The molecule has 4 rings (SSSR count). The van der Waals surface area contributed by atoms with Crippen molar-refractivity contribution in [3.05, 3.63) is 76.3 Å². The average molecular weight is 441 g/mol. The van der Waals surface area contributed by atoms with Crippen molar-refractivity contribution in [2.75, 3.05) is 14.2 Å². The molecule has 152 valence electrons. The Morgan fingerprint density at radius 2 is 1.60 bits per heavy atom. The predicted molar refractivity (Wildman–Crippen MR) is 119 cm³/mol. The van der Waals surface area contributed by atoms with E-state index in [2.05, 4.69) is 9.97 Å². The lowest BCUT2D eigenvalue weighted by Gasteiger charge is -2.12. The summed E-state index contributed by atoms with van der Waals surface area (Å²) in [4.78, 5) is 9.29. The van der Waals surface area contributed by atoms with Crippen LogP contribution in [-0.4, -0.2) is 24.2 Å². The molecule has 0 amide bonds. The molecule has 0 N–H and O–H groups in total. The minimum absolute atomic E-state index is 0.308. The van der Waals surface area contributed by atoms with Crippen LogP contribution in [0.15, 0.2) is 60.7 Å². The van der Waals surface area contributed by atoms with E-state index in [0.717, 1.165) is 22.0 Å². The minimum Gasteiger partial charge on any atom is -0.493 e. The van der Waals surface area contributed by atoms with Crippen LogP contribution in [-0.2, 0) is 6.61 Å². The van der Waals surface area contributed by atoms with Crippen molar-refractivity contribution < 1.29 is 14.2 Å². The molecule has 0 radical (unpaired) electrons. The van der Waals surface area contributed by atoms with Crippen molar-refractivity contribution in [1.29, 1.82) is 0 Å². The normalized spacial score (nSPS) is 10.8. The topological polar surface area (TPSA) is 53.5 Å². The lowest BCUT2D eigenvalue weighted by Crippen LogP contribution is -2.01. The lowest BCUT2D eigenvalue weighted by atomic mass is 10.2. The van der Waals surface area contributed by atoms with Crippen molar-refractivity contribution in [3.8, 4) is 28.8 Å². The number of methoxy groups -OCH3 is 2. The SMILES string of the molecule is COc1ccc(COc2nc(-c3ccc(Cl)c(Cl)c3)nc3ccccc23)cc1OC. The molecule has 3 aromatic carbocycles. The van der Waals surface area contributed by atoms with Gasteiger partial charge < -0.3 is 14.2 Å². The number of ether oxygens (including phenoxy) is 3. The summed E-state index contributed by atoms with van der Waals surface area (Å²) in [7, 11) is 3.20. The van der Waals surface area contributed by atoms with E-state index < -0.39 is 0 Å². The van der Waals surface area contributed by atoms with Gasteiger partial charge in [0, 0.05) is 5.56 Å². The van der Waals surface area contributed by atoms with Gasteiger partial charge in [0.25, 0.3) is 0 Å². The third-order valence-corrected chi connectivity index (χ3v) is 5.31. The number of hydrogen-bond acceptors (Lipinski definition) is 5. The molecule has 1 heterocycles. The van der Waals surface area contributed by atoms with Gasteiger partial charge >= 0.3 is 0 Å². The highest BCUT2D eigenvalue weighted by molar-refractivity contribution is 6.42. The van der Waals surface area contributed by atoms with Crippen LogP contribution in [0.2, 0.25) is 10.0 Å². The lowest BCUT2D eigenvalue weighted by molar-refractivity contribution is 0.296.